The molecule has 0 bridgehead atoms. The van der Waals surface area contributed by atoms with E-state index in [1.54, 1.807) is 17.4 Å². The van der Waals surface area contributed by atoms with Gasteiger partial charge in [0.15, 0.2) is 0 Å². The molecule has 1 aliphatic rings. The zero-order chi connectivity index (χ0) is 15.0. The first kappa shape index (κ1) is 14.1. The summed E-state index contributed by atoms with van der Waals surface area (Å²) in [6.45, 7) is 5.08. The fourth-order valence-corrected chi connectivity index (χ4v) is 3.69. The molecule has 0 spiro atoms. The molecule has 1 atom stereocenters. The van der Waals surface area contributed by atoms with Crippen molar-refractivity contribution in [3.63, 3.8) is 0 Å². The van der Waals surface area contributed by atoms with Gasteiger partial charge in [-0.15, -0.1) is 11.3 Å². The van der Waals surface area contributed by atoms with Gasteiger partial charge in [-0.2, -0.15) is 0 Å². The molecule has 1 unspecified atom stereocenters. The van der Waals surface area contributed by atoms with Crippen molar-refractivity contribution in [2.75, 3.05) is 11.4 Å². The zero-order valence-electron chi connectivity index (χ0n) is 12.2. The molecule has 0 amide bonds. The minimum Gasteiger partial charge on any atom is -0.478 e. The fourth-order valence-electron chi connectivity index (χ4n) is 2.99. The summed E-state index contributed by atoms with van der Waals surface area (Å²) in [5, 5.41) is 12.5. The number of carbonyl (C=O) groups is 1. The molecule has 1 N–H and O–H groups in total. The SMILES string of the molecule is Cc1nc(C(C)N2CCCc3c(C(=O)O)cccc32)cs1. The third-order valence-corrected chi connectivity index (χ3v) is 4.84. The Bertz CT molecular complexity index is 681. The van der Waals surface area contributed by atoms with Crippen molar-refractivity contribution in [3.05, 3.63) is 45.4 Å². The van der Waals surface area contributed by atoms with Gasteiger partial charge >= 0.3 is 5.97 Å². The first-order valence-electron chi connectivity index (χ1n) is 7.12. The molecular formula is C16H18N2O2S. The number of fused-ring (bicyclic) bond motifs is 1. The van der Waals surface area contributed by atoms with Gasteiger partial charge in [-0.25, -0.2) is 9.78 Å². The highest BCUT2D eigenvalue weighted by molar-refractivity contribution is 7.09. The van der Waals surface area contributed by atoms with E-state index >= 15 is 0 Å². The van der Waals surface area contributed by atoms with Crippen LogP contribution in [0.15, 0.2) is 23.6 Å². The van der Waals surface area contributed by atoms with E-state index < -0.39 is 5.97 Å². The molecule has 0 fully saturated rings. The average Bonchev–Trinajstić information content (AvgIpc) is 2.91. The fraction of sp³-hybridized carbons (Fsp3) is 0.375. The Morgan fingerprint density at radius 2 is 2.29 bits per heavy atom. The van der Waals surface area contributed by atoms with E-state index in [1.165, 1.54) is 0 Å². The number of aromatic carboxylic acids is 1. The van der Waals surface area contributed by atoms with Gasteiger partial charge < -0.3 is 10.0 Å². The van der Waals surface area contributed by atoms with E-state index in [2.05, 4.69) is 22.2 Å². The smallest absolute Gasteiger partial charge is 0.336 e. The topological polar surface area (TPSA) is 53.4 Å². The number of hydrogen-bond donors (Lipinski definition) is 1. The predicted octanol–water partition coefficient (Wildman–Crippen LogP) is 3.66. The van der Waals surface area contributed by atoms with E-state index in [0.717, 1.165) is 41.3 Å². The van der Waals surface area contributed by atoms with Gasteiger partial charge in [0.05, 0.1) is 22.3 Å². The molecule has 21 heavy (non-hydrogen) atoms. The maximum absolute atomic E-state index is 11.4. The second-order valence-corrected chi connectivity index (χ2v) is 6.43. The van der Waals surface area contributed by atoms with Gasteiger partial charge in [0, 0.05) is 17.6 Å². The van der Waals surface area contributed by atoms with Crippen LogP contribution in [0.5, 0.6) is 0 Å². The van der Waals surface area contributed by atoms with Crippen LogP contribution in [0.3, 0.4) is 0 Å². The molecular weight excluding hydrogens is 284 g/mol. The molecule has 0 saturated carbocycles. The number of nitrogens with zero attached hydrogens (tertiary/aromatic N) is 2. The van der Waals surface area contributed by atoms with E-state index in [-0.39, 0.29) is 6.04 Å². The number of carboxylic acids is 1. The molecule has 4 nitrogen and oxygen atoms in total. The van der Waals surface area contributed by atoms with Crippen LogP contribution in [-0.4, -0.2) is 22.6 Å². The van der Waals surface area contributed by atoms with Crippen molar-refractivity contribution in [1.82, 2.24) is 4.98 Å². The average molecular weight is 302 g/mol. The van der Waals surface area contributed by atoms with Crippen molar-refractivity contribution < 1.29 is 9.90 Å². The van der Waals surface area contributed by atoms with Crippen LogP contribution in [0.25, 0.3) is 0 Å². The van der Waals surface area contributed by atoms with Crippen LogP contribution in [0.1, 0.15) is 46.0 Å². The van der Waals surface area contributed by atoms with Crippen LogP contribution in [-0.2, 0) is 6.42 Å². The molecule has 1 aromatic heterocycles. The zero-order valence-corrected chi connectivity index (χ0v) is 13.0. The molecule has 2 aromatic rings. The molecule has 0 aliphatic carbocycles. The normalized spacial score (nSPS) is 15.6. The van der Waals surface area contributed by atoms with Crippen molar-refractivity contribution in [1.29, 1.82) is 0 Å². The highest BCUT2D eigenvalue weighted by Gasteiger charge is 2.26. The van der Waals surface area contributed by atoms with Crippen molar-refractivity contribution in [2.45, 2.75) is 32.7 Å². The minimum atomic E-state index is -0.842. The molecule has 0 radical (unpaired) electrons. The lowest BCUT2D eigenvalue weighted by atomic mass is 9.95. The van der Waals surface area contributed by atoms with Gasteiger partial charge in [-0.3, -0.25) is 0 Å². The van der Waals surface area contributed by atoms with E-state index in [0.29, 0.717) is 5.56 Å². The second kappa shape index (κ2) is 5.48. The Hall–Kier alpha value is -1.88. The van der Waals surface area contributed by atoms with Crippen molar-refractivity contribution in [2.24, 2.45) is 0 Å². The summed E-state index contributed by atoms with van der Waals surface area (Å²) >= 11 is 1.65. The number of aromatic nitrogens is 1. The van der Waals surface area contributed by atoms with Gasteiger partial charge in [0.1, 0.15) is 0 Å². The summed E-state index contributed by atoms with van der Waals surface area (Å²) in [6.07, 6.45) is 1.81. The van der Waals surface area contributed by atoms with Crippen LogP contribution >= 0.6 is 11.3 Å². The number of hydrogen-bond acceptors (Lipinski definition) is 4. The summed E-state index contributed by atoms with van der Waals surface area (Å²) in [4.78, 5) is 18.2. The number of thiazole rings is 1. The lowest BCUT2D eigenvalue weighted by molar-refractivity contribution is 0.0695. The molecule has 5 heteroatoms. The lowest BCUT2D eigenvalue weighted by Gasteiger charge is -2.36. The first-order chi connectivity index (χ1) is 10.1. The van der Waals surface area contributed by atoms with Gasteiger partial charge in [0.2, 0.25) is 0 Å². The van der Waals surface area contributed by atoms with E-state index in [4.69, 9.17) is 0 Å². The highest BCUT2D eigenvalue weighted by atomic mass is 32.1. The Labute approximate surface area is 128 Å². The van der Waals surface area contributed by atoms with Crippen molar-refractivity contribution in [3.8, 4) is 0 Å². The van der Waals surface area contributed by atoms with Gasteiger partial charge in [0.25, 0.3) is 0 Å². The third kappa shape index (κ3) is 2.53. The number of aryl methyl sites for hydroxylation is 1. The Morgan fingerprint density at radius 1 is 1.48 bits per heavy atom. The number of rotatable bonds is 3. The predicted molar refractivity (Wildman–Crippen MR) is 84.3 cm³/mol. The van der Waals surface area contributed by atoms with Gasteiger partial charge in [-0.1, -0.05) is 6.07 Å². The van der Waals surface area contributed by atoms with Crippen LogP contribution in [0.2, 0.25) is 0 Å². The summed E-state index contributed by atoms with van der Waals surface area (Å²) in [5.41, 5.74) is 3.49. The summed E-state index contributed by atoms with van der Waals surface area (Å²) in [6, 6.07) is 5.72. The molecule has 2 heterocycles. The standard InChI is InChI=1S/C16H18N2O2S/c1-10(14-9-21-11(2)17-14)18-8-4-6-12-13(16(19)20)5-3-7-15(12)18/h3,5,7,9-10H,4,6,8H2,1-2H3,(H,19,20). The molecule has 110 valence electrons. The van der Waals surface area contributed by atoms with Crippen LogP contribution < -0.4 is 4.90 Å². The number of carboxylic acid groups (broad SMARTS) is 1. The number of anilines is 1. The number of benzene rings is 1. The van der Waals surface area contributed by atoms with Crippen LogP contribution in [0.4, 0.5) is 5.69 Å². The first-order valence-corrected chi connectivity index (χ1v) is 7.99. The lowest BCUT2D eigenvalue weighted by Crippen LogP contribution is -2.33. The molecule has 1 aromatic carbocycles. The van der Waals surface area contributed by atoms with Crippen LogP contribution in [0, 0.1) is 6.92 Å². The highest BCUT2D eigenvalue weighted by Crippen LogP contribution is 2.35. The van der Waals surface area contributed by atoms with Gasteiger partial charge in [-0.05, 0) is 44.4 Å². The van der Waals surface area contributed by atoms with E-state index in [1.807, 2.05) is 19.1 Å². The monoisotopic (exact) mass is 302 g/mol. The summed E-state index contributed by atoms with van der Waals surface area (Å²) in [5.74, 6) is -0.842. The summed E-state index contributed by atoms with van der Waals surface area (Å²) < 4.78 is 0. The maximum Gasteiger partial charge on any atom is 0.336 e. The molecule has 3 rings (SSSR count). The maximum atomic E-state index is 11.4. The Balaban J connectivity index is 2.01. The Morgan fingerprint density at radius 3 is 2.95 bits per heavy atom. The summed E-state index contributed by atoms with van der Waals surface area (Å²) in [7, 11) is 0. The quantitative estimate of drug-likeness (QED) is 0.940. The molecule has 0 saturated heterocycles. The molecule has 1 aliphatic heterocycles. The van der Waals surface area contributed by atoms with E-state index in [9.17, 15) is 9.90 Å². The minimum absolute atomic E-state index is 0.165. The van der Waals surface area contributed by atoms with Crippen molar-refractivity contribution >= 4 is 23.0 Å². The third-order valence-electron chi connectivity index (χ3n) is 4.05. The largest absolute Gasteiger partial charge is 0.478 e. The Kier molecular flexibility index (Phi) is 3.68. The second-order valence-electron chi connectivity index (χ2n) is 5.37.